The van der Waals surface area contributed by atoms with Crippen molar-refractivity contribution < 1.29 is 18.9 Å². The zero-order valence-electron chi connectivity index (χ0n) is 11.3. The molecule has 0 heterocycles. The second-order valence-corrected chi connectivity index (χ2v) is 10.7. The lowest BCUT2D eigenvalue weighted by Gasteiger charge is -2.32. The minimum atomic E-state index is -3.72. The Morgan fingerprint density at radius 3 is 1.32 bits per heavy atom. The molecule has 5 nitrogen and oxygen atoms in total. The van der Waals surface area contributed by atoms with E-state index in [9.17, 15) is 18.9 Å². The van der Waals surface area contributed by atoms with Crippen LogP contribution >= 0.6 is 15.0 Å². The maximum absolute atomic E-state index is 12.3. The fourth-order valence-electron chi connectivity index (χ4n) is 3.23. The summed E-state index contributed by atoms with van der Waals surface area (Å²) in [6.07, 6.45) is 8.69. The SMILES string of the molecule is O=P(O)(NP(=O)(O)C1CCCCC1)C1CCCCC1. The molecule has 2 unspecified atom stereocenters. The van der Waals surface area contributed by atoms with Gasteiger partial charge in [0.25, 0.3) is 15.0 Å². The summed E-state index contributed by atoms with van der Waals surface area (Å²) >= 11 is 0. The first kappa shape index (κ1) is 15.7. The molecule has 2 rings (SSSR count). The van der Waals surface area contributed by atoms with E-state index < -0.39 is 15.0 Å². The molecular weight excluding hydrogens is 284 g/mol. The highest BCUT2D eigenvalue weighted by Crippen LogP contribution is 2.60. The third-order valence-electron chi connectivity index (χ3n) is 4.43. The van der Waals surface area contributed by atoms with Crippen LogP contribution in [-0.2, 0) is 9.13 Å². The van der Waals surface area contributed by atoms with Gasteiger partial charge in [-0.3, -0.25) is 9.13 Å². The van der Waals surface area contributed by atoms with Gasteiger partial charge in [0.15, 0.2) is 0 Å². The van der Waals surface area contributed by atoms with Crippen LogP contribution in [0.3, 0.4) is 0 Å². The molecule has 0 aliphatic heterocycles. The molecule has 0 aromatic heterocycles. The monoisotopic (exact) mass is 309 g/mol. The Bertz CT molecular complexity index is 353. The highest BCUT2D eigenvalue weighted by Gasteiger charge is 2.41. The topological polar surface area (TPSA) is 86.6 Å². The maximum atomic E-state index is 12.3. The lowest BCUT2D eigenvalue weighted by Crippen LogP contribution is -2.26. The molecule has 0 bridgehead atoms. The van der Waals surface area contributed by atoms with Crippen LogP contribution < -0.4 is 4.86 Å². The number of hydrogen-bond donors (Lipinski definition) is 3. The first-order valence-corrected chi connectivity index (χ1v) is 10.8. The van der Waals surface area contributed by atoms with E-state index in [1.165, 1.54) is 0 Å². The lowest BCUT2D eigenvalue weighted by molar-refractivity contribution is 0.397. The van der Waals surface area contributed by atoms with E-state index in [2.05, 4.69) is 4.86 Å². The van der Waals surface area contributed by atoms with Gasteiger partial charge in [0.1, 0.15) is 0 Å². The van der Waals surface area contributed by atoms with E-state index in [4.69, 9.17) is 0 Å². The predicted molar refractivity (Wildman–Crippen MR) is 76.5 cm³/mol. The molecule has 2 aliphatic rings. The number of hydrogen-bond acceptors (Lipinski definition) is 2. The van der Waals surface area contributed by atoms with Gasteiger partial charge in [-0.1, -0.05) is 38.5 Å². The zero-order valence-corrected chi connectivity index (χ0v) is 13.1. The first-order valence-electron chi connectivity index (χ1n) is 7.36. The van der Waals surface area contributed by atoms with Crippen molar-refractivity contribution in [1.29, 1.82) is 0 Å². The fraction of sp³-hybridized carbons (Fsp3) is 1.00. The van der Waals surface area contributed by atoms with Gasteiger partial charge >= 0.3 is 0 Å². The standard InChI is InChI=1S/C12H25NO4P2/c14-18(15,11-7-3-1-4-8-11)13-19(16,17)12-9-5-2-6-10-12/h11-12H,1-10H2,(H3,13,14,15,16,17). The number of nitrogens with one attached hydrogen (secondary N) is 1. The average Bonchev–Trinajstić information content (AvgIpc) is 2.40. The van der Waals surface area contributed by atoms with Crippen molar-refractivity contribution in [3.05, 3.63) is 0 Å². The summed E-state index contributed by atoms with van der Waals surface area (Å²) < 4.78 is 24.7. The van der Waals surface area contributed by atoms with E-state index in [0.29, 0.717) is 25.7 Å². The molecule has 2 aliphatic carbocycles. The smallest absolute Gasteiger partial charge is 0.277 e. The van der Waals surface area contributed by atoms with Crippen molar-refractivity contribution in [2.24, 2.45) is 0 Å². The molecule has 0 radical (unpaired) electrons. The van der Waals surface area contributed by atoms with Crippen molar-refractivity contribution in [2.75, 3.05) is 0 Å². The van der Waals surface area contributed by atoms with Gasteiger partial charge in [0, 0.05) is 0 Å². The van der Waals surface area contributed by atoms with Crippen LogP contribution in [0.25, 0.3) is 0 Å². The Morgan fingerprint density at radius 2 is 1.00 bits per heavy atom. The fourth-order valence-corrected chi connectivity index (χ4v) is 8.31. The summed E-state index contributed by atoms with van der Waals surface area (Å²) in [5, 5.41) is 0. The third kappa shape index (κ3) is 4.15. The van der Waals surface area contributed by atoms with Gasteiger partial charge < -0.3 is 9.79 Å². The molecule has 0 saturated heterocycles. The van der Waals surface area contributed by atoms with Crippen LogP contribution in [0.4, 0.5) is 0 Å². The molecule has 3 N–H and O–H groups in total. The van der Waals surface area contributed by atoms with E-state index in [1.54, 1.807) is 0 Å². The molecule has 2 saturated carbocycles. The van der Waals surface area contributed by atoms with Crippen LogP contribution in [0.2, 0.25) is 0 Å². The van der Waals surface area contributed by atoms with Crippen LogP contribution in [0, 0.1) is 0 Å². The van der Waals surface area contributed by atoms with E-state index >= 15 is 0 Å². The van der Waals surface area contributed by atoms with Crippen LogP contribution in [0.15, 0.2) is 0 Å². The Balaban J connectivity index is 2.00. The molecule has 0 aromatic carbocycles. The second kappa shape index (κ2) is 6.41. The van der Waals surface area contributed by atoms with Gasteiger partial charge in [-0.25, -0.2) is 0 Å². The number of rotatable bonds is 4. The van der Waals surface area contributed by atoms with Crippen LogP contribution in [0.1, 0.15) is 64.2 Å². The Labute approximate surface area is 115 Å². The van der Waals surface area contributed by atoms with E-state index in [-0.39, 0.29) is 11.3 Å². The van der Waals surface area contributed by atoms with Gasteiger partial charge in [-0.2, -0.15) is 4.86 Å². The normalized spacial score (nSPS) is 29.6. The molecule has 19 heavy (non-hydrogen) atoms. The molecule has 7 heteroatoms. The molecule has 2 fully saturated rings. The Morgan fingerprint density at radius 1 is 0.684 bits per heavy atom. The largest absolute Gasteiger partial charge is 0.333 e. The van der Waals surface area contributed by atoms with Crippen LogP contribution in [0.5, 0.6) is 0 Å². The lowest BCUT2D eigenvalue weighted by atomic mass is 10.0. The van der Waals surface area contributed by atoms with E-state index in [0.717, 1.165) is 38.5 Å². The average molecular weight is 309 g/mol. The summed E-state index contributed by atoms with van der Waals surface area (Å²) in [7, 11) is -7.44. The zero-order chi connectivity index (χ0) is 13.9. The van der Waals surface area contributed by atoms with Gasteiger partial charge in [0.2, 0.25) is 0 Å². The summed E-state index contributed by atoms with van der Waals surface area (Å²) in [5.74, 6) is 0. The first-order chi connectivity index (χ1) is 8.92. The third-order valence-corrected chi connectivity index (χ3v) is 9.73. The van der Waals surface area contributed by atoms with Crippen molar-refractivity contribution in [3.8, 4) is 0 Å². The second-order valence-electron chi connectivity index (χ2n) is 5.93. The van der Waals surface area contributed by atoms with Gasteiger partial charge in [-0.15, -0.1) is 0 Å². The molecule has 0 amide bonds. The quantitative estimate of drug-likeness (QED) is 0.691. The van der Waals surface area contributed by atoms with Gasteiger partial charge in [-0.05, 0) is 25.7 Å². The summed E-state index contributed by atoms with van der Waals surface area (Å²) in [5.41, 5.74) is -0.685. The minimum absolute atomic E-state index is 0.342. The maximum Gasteiger partial charge on any atom is 0.277 e. The predicted octanol–water partition coefficient (Wildman–Crippen LogP) is 3.61. The Kier molecular flexibility index (Phi) is 5.30. The summed E-state index contributed by atoms with van der Waals surface area (Å²) in [6.45, 7) is 0. The summed E-state index contributed by atoms with van der Waals surface area (Å²) in [4.78, 5) is 22.5. The molecule has 0 aromatic rings. The van der Waals surface area contributed by atoms with Gasteiger partial charge in [0.05, 0.1) is 11.3 Å². The Hall–Kier alpha value is 0.340. The summed E-state index contributed by atoms with van der Waals surface area (Å²) in [6, 6.07) is 0. The van der Waals surface area contributed by atoms with E-state index in [1.807, 2.05) is 0 Å². The molecule has 2 atom stereocenters. The highest BCUT2D eigenvalue weighted by molar-refractivity contribution is 7.72. The van der Waals surface area contributed by atoms with Crippen molar-refractivity contribution in [2.45, 2.75) is 75.5 Å². The van der Waals surface area contributed by atoms with Crippen molar-refractivity contribution in [1.82, 2.24) is 4.86 Å². The molecule has 112 valence electrons. The highest BCUT2D eigenvalue weighted by atomic mass is 31.2. The minimum Gasteiger partial charge on any atom is -0.333 e. The van der Waals surface area contributed by atoms with Crippen molar-refractivity contribution in [3.63, 3.8) is 0 Å². The van der Waals surface area contributed by atoms with Crippen molar-refractivity contribution >= 4 is 15.0 Å². The molecular formula is C12H25NO4P2. The molecule has 0 spiro atoms. The van der Waals surface area contributed by atoms with Crippen LogP contribution in [-0.4, -0.2) is 21.1 Å².